The Hall–Kier alpha value is -3.12. The minimum Gasteiger partial charge on any atom is -0.476 e. The van der Waals surface area contributed by atoms with Crippen molar-refractivity contribution >= 4 is 16.9 Å². The fourth-order valence-corrected chi connectivity index (χ4v) is 2.78. The van der Waals surface area contributed by atoms with Crippen LogP contribution in [-0.2, 0) is 9.53 Å². The Morgan fingerprint density at radius 1 is 1.11 bits per heavy atom. The van der Waals surface area contributed by atoms with E-state index in [2.05, 4.69) is 5.32 Å². The topological polar surface area (TPSA) is 77.8 Å². The van der Waals surface area contributed by atoms with Gasteiger partial charge in [-0.25, -0.2) is 0 Å². The van der Waals surface area contributed by atoms with Crippen LogP contribution in [0.4, 0.5) is 0 Å². The van der Waals surface area contributed by atoms with Crippen LogP contribution in [0.2, 0.25) is 0 Å². The summed E-state index contributed by atoms with van der Waals surface area (Å²) in [7, 11) is 1.61. The van der Waals surface area contributed by atoms with Crippen molar-refractivity contribution in [3.05, 3.63) is 64.3 Å². The molecule has 0 bridgehead atoms. The van der Waals surface area contributed by atoms with E-state index in [0.717, 1.165) is 5.56 Å². The van der Waals surface area contributed by atoms with Crippen LogP contribution in [0.3, 0.4) is 0 Å². The zero-order valence-corrected chi connectivity index (χ0v) is 16.0. The molecule has 6 heteroatoms. The molecule has 3 aromatic rings. The second-order valence-corrected chi connectivity index (χ2v) is 6.44. The summed E-state index contributed by atoms with van der Waals surface area (Å²) in [5.41, 5.74) is 1.97. The van der Waals surface area contributed by atoms with Crippen molar-refractivity contribution in [3.63, 3.8) is 0 Å². The number of carbonyl (C=O) groups excluding carboxylic acids is 1. The maximum Gasteiger partial charge on any atom is 0.257 e. The van der Waals surface area contributed by atoms with Gasteiger partial charge in [0.25, 0.3) is 5.91 Å². The average molecular weight is 381 g/mol. The number of carbonyl (C=O) groups is 1. The third-order valence-electron chi connectivity index (χ3n) is 4.26. The van der Waals surface area contributed by atoms with E-state index < -0.39 is 0 Å². The predicted octanol–water partition coefficient (Wildman–Crippen LogP) is 3.30. The highest BCUT2D eigenvalue weighted by Gasteiger charge is 2.18. The SMILES string of the molecule is COCCCNC(=O)COc1c(-c2ccc(C)cc2)oc2ccccc2c1=O. The van der Waals surface area contributed by atoms with Gasteiger partial charge in [0.1, 0.15) is 5.58 Å². The number of hydrogen-bond donors (Lipinski definition) is 1. The van der Waals surface area contributed by atoms with Gasteiger partial charge in [0.05, 0.1) is 5.39 Å². The Balaban J connectivity index is 1.90. The third kappa shape index (κ3) is 4.58. The highest BCUT2D eigenvalue weighted by Crippen LogP contribution is 2.31. The van der Waals surface area contributed by atoms with Crippen molar-refractivity contribution in [1.82, 2.24) is 5.32 Å². The molecule has 0 fully saturated rings. The second kappa shape index (κ2) is 9.19. The molecule has 0 aliphatic rings. The Labute approximate surface area is 163 Å². The van der Waals surface area contributed by atoms with Crippen molar-refractivity contribution < 1.29 is 18.7 Å². The molecule has 0 aliphatic heterocycles. The molecule has 0 aliphatic carbocycles. The lowest BCUT2D eigenvalue weighted by atomic mass is 10.1. The van der Waals surface area contributed by atoms with Gasteiger partial charge in [0.2, 0.25) is 11.2 Å². The van der Waals surface area contributed by atoms with E-state index in [-0.39, 0.29) is 23.7 Å². The van der Waals surface area contributed by atoms with E-state index in [1.165, 1.54) is 0 Å². The molecule has 0 radical (unpaired) electrons. The maximum atomic E-state index is 13.0. The van der Waals surface area contributed by atoms with Crippen LogP contribution < -0.4 is 15.5 Å². The van der Waals surface area contributed by atoms with Crippen molar-refractivity contribution in [2.24, 2.45) is 0 Å². The molecule has 0 saturated carbocycles. The predicted molar refractivity (Wildman–Crippen MR) is 108 cm³/mol. The first-order valence-corrected chi connectivity index (χ1v) is 9.11. The van der Waals surface area contributed by atoms with Crippen LogP contribution in [0.25, 0.3) is 22.3 Å². The van der Waals surface area contributed by atoms with Crippen molar-refractivity contribution in [3.8, 4) is 17.1 Å². The van der Waals surface area contributed by atoms with Crippen LogP contribution in [0.1, 0.15) is 12.0 Å². The Morgan fingerprint density at radius 3 is 2.61 bits per heavy atom. The number of ether oxygens (including phenoxy) is 2. The molecule has 2 aromatic carbocycles. The Kier molecular flexibility index (Phi) is 6.45. The largest absolute Gasteiger partial charge is 0.476 e. The van der Waals surface area contributed by atoms with E-state index >= 15 is 0 Å². The molecule has 1 N–H and O–H groups in total. The lowest BCUT2D eigenvalue weighted by Gasteiger charge is -2.12. The number of nitrogens with one attached hydrogen (secondary N) is 1. The van der Waals surface area contributed by atoms with Gasteiger partial charge in [-0.1, -0.05) is 42.0 Å². The first-order valence-electron chi connectivity index (χ1n) is 9.11. The van der Waals surface area contributed by atoms with Gasteiger partial charge in [0.15, 0.2) is 12.4 Å². The van der Waals surface area contributed by atoms with Crippen molar-refractivity contribution in [1.29, 1.82) is 0 Å². The summed E-state index contributed by atoms with van der Waals surface area (Å²) < 4.78 is 16.5. The van der Waals surface area contributed by atoms with Gasteiger partial charge in [0, 0.05) is 25.8 Å². The van der Waals surface area contributed by atoms with Crippen LogP contribution in [0.15, 0.2) is 57.7 Å². The molecule has 1 amide bonds. The lowest BCUT2D eigenvalue weighted by Crippen LogP contribution is -2.31. The molecule has 1 heterocycles. The molecular weight excluding hydrogens is 358 g/mol. The van der Waals surface area contributed by atoms with E-state index in [9.17, 15) is 9.59 Å². The summed E-state index contributed by atoms with van der Waals surface area (Å²) in [5.74, 6) is 0.0454. The quantitative estimate of drug-likeness (QED) is 0.606. The third-order valence-corrected chi connectivity index (χ3v) is 4.26. The van der Waals surface area contributed by atoms with Gasteiger partial charge < -0.3 is 19.2 Å². The minimum absolute atomic E-state index is 0.0367. The molecule has 0 unspecified atom stereocenters. The molecule has 6 nitrogen and oxygen atoms in total. The standard InChI is InChI=1S/C22H23NO5/c1-15-8-10-16(11-9-15)21-22(27-14-19(24)23-12-5-13-26-2)20(25)17-6-3-4-7-18(17)28-21/h3-4,6-11H,5,12-14H2,1-2H3,(H,23,24). The fraction of sp³-hybridized carbons (Fsp3) is 0.273. The van der Waals surface area contributed by atoms with E-state index in [4.69, 9.17) is 13.9 Å². The van der Waals surface area contributed by atoms with Crippen molar-refractivity contribution in [2.75, 3.05) is 26.9 Å². The zero-order valence-electron chi connectivity index (χ0n) is 16.0. The number of fused-ring (bicyclic) bond motifs is 1. The summed E-state index contributed by atoms with van der Waals surface area (Å²) in [6, 6.07) is 14.6. The Morgan fingerprint density at radius 2 is 1.86 bits per heavy atom. The number of amides is 1. The van der Waals surface area contributed by atoms with Gasteiger partial charge in [-0.2, -0.15) is 0 Å². The van der Waals surface area contributed by atoms with Crippen LogP contribution >= 0.6 is 0 Å². The second-order valence-electron chi connectivity index (χ2n) is 6.44. The van der Waals surface area contributed by atoms with E-state index in [1.807, 2.05) is 31.2 Å². The van der Waals surface area contributed by atoms with Crippen LogP contribution in [0.5, 0.6) is 5.75 Å². The van der Waals surface area contributed by atoms with Crippen LogP contribution in [0, 0.1) is 6.92 Å². The minimum atomic E-state index is -0.307. The molecule has 1 aromatic heterocycles. The lowest BCUT2D eigenvalue weighted by molar-refractivity contribution is -0.123. The number of para-hydroxylation sites is 1. The Bertz CT molecular complexity index is 1010. The molecule has 28 heavy (non-hydrogen) atoms. The smallest absolute Gasteiger partial charge is 0.257 e. The normalized spacial score (nSPS) is 10.8. The van der Waals surface area contributed by atoms with Gasteiger partial charge in [-0.05, 0) is 25.5 Å². The number of methoxy groups -OCH3 is 1. The molecular formula is C22H23NO5. The summed E-state index contributed by atoms with van der Waals surface area (Å²) >= 11 is 0. The zero-order chi connectivity index (χ0) is 19.9. The molecule has 0 saturated heterocycles. The first-order chi connectivity index (χ1) is 13.6. The van der Waals surface area contributed by atoms with Gasteiger partial charge >= 0.3 is 0 Å². The highest BCUT2D eigenvalue weighted by molar-refractivity contribution is 5.82. The first kappa shape index (κ1) is 19.6. The van der Waals surface area contributed by atoms with E-state index in [1.54, 1.807) is 31.4 Å². The summed E-state index contributed by atoms with van der Waals surface area (Å²) in [4.78, 5) is 25.0. The molecule has 146 valence electrons. The summed E-state index contributed by atoms with van der Waals surface area (Å²) in [5, 5.41) is 3.15. The molecule has 0 atom stereocenters. The monoisotopic (exact) mass is 381 g/mol. The number of aryl methyl sites for hydroxylation is 1. The van der Waals surface area contributed by atoms with Gasteiger partial charge in [-0.15, -0.1) is 0 Å². The number of benzene rings is 2. The number of rotatable bonds is 8. The summed E-state index contributed by atoms with van der Waals surface area (Å²) in [6.45, 7) is 2.75. The van der Waals surface area contributed by atoms with Crippen molar-refractivity contribution in [2.45, 2.75) is 13.3 Å². The average Bonchev–Trinajstić information content (AvgIpc) is 2.71. The molecule has 3 rings (SSSR count). The summed E-state index contributed by atoms with van der Waals surface area (Å²) in [6.07, 6.45) is 0.703. The highest BCUT2D eigenvalue weighted by atomic mass is 16.5. The fourth-order valence-electron chi connectivity index (χ4n) is 2.78. The number of hydrogen-bond acceptors (Lipinski definition) is 5. The maximum absolute atomic E-state index is 13.0. The van der Waals surface area contributed by atoms with Gasteiger partial charge in [-0.3, -0.25) is 9.59 Å². The molecule has 0 spiro atoms. The van der Waals surface area contributed by atoms with Crippen LogP contribution in [-0.4, -0.2) is 32.8 Å². The van der Waals surface area contributed by atoms with E-state index in [0.29, 0.717) is 41.9 Å².